The van der Waals surface area contributed by atoms with Crippen LogP contribution in [-0.4, -0.2) is 86.7 Å². The summed E-state index contributed by atoms with van der Waals surface area (Å²) >= 11 is 0. The Morgan fingerprint density at radius 2 is 1.69 bits per heavy atom. The van der Waals surface area contributed by atoms with Crippen molar-refractivity contribution in [3.05, 3.63) is 0 Å². The number of aliphatic hydroxyl groups is 1. The second-order valence-corrected chi connectivity index (χ2v) is 8.48. The van der Waals surface area contributed by atoms with Crippen LogP contribution in [0.25, 0.3) is 0 Å². The lowest BCUT2D eigenvalue weighted by Crippen LogP contribution is -2.59. The molecule has 0 bridgehead atoms. The number of likely N-dealkylation sites (tertiary alicyclic amines) is 1. The zero-order chi connectivity index (χ0) is 24.6. The van der Waals surface area contributed by atoms with E-state index in [2.05, 4.69) is 10.6 Å². The molecular weight excluding hydrogens is 424 g/mol. The van der Waals surface area contributed by atoms with E-state index in [1.165, 1.54) is 6.92 Å². The number of hydrogen-bond donors (Lipinski definition) is 6. The molecule has 5 atom stereocenters. The van der Waals surface area contributed by atoms with Crippen LogP contribution in [0, 0.1) is 5.92 Å². The number of amides is 3. The van der Waals surface area contributed by atoms with Gasteiger partial charge < -0.3 is 36.6 Å². The minimum atomic E-state index is -1.44. The monoisotopic (exact) mass is 458 g/mol. The Balaban J connectivity index is 2.98. The first-order valence-electron chi connectivity index (χ1n) is 10.6. The number of aliphatic hydroxyl groups excluding tert-OH is 1. The molecule has 182 valence electrons. The third kappa shape index (κ3) is 8.08. The fraction of sp³-hybridized carbons (Fsp3) is 0.750. The second-order valence-electron chi connectivity index (χ2n) is 8.48. The van der Waals surface area contributed by atoms with Crippen molar-refractivity contribution in [1.29, 1.82) is 0 Å². The summed E-state index contributed by atoms with van der Waals surface area (Å²) in [4.78, 5) is 61.6. The van der Waals surface area contributed by atoms with Crippen molar-refractivity contribution in [1.82, 2.24) is 15.5 Å². The average Bonchev–Trinajstić information content (AvgIpc) is 3.17. The van der Waals surface area contributed by atoms with E-state index in [-0.39, 0.29) is 25.3 Å². The zero-order valence-corrected chi connectivity index (χ0v) is 18.6. The molecule has 0 radical (unpaired) electrons. The van der Waals surface area contributed by atoms with Gasteiger partial charge in [0.25, 0.3) is 0 Å². The van der Waals surface area contributed by atoms with Gasteiger partial charge in [-0.1, -0.05) is 13.8 Å². The van der Waals surface area contributed by atoms with Crippen LogP contribution < -0.4 is 16.4 Å². The van der Waals surface area contributed by atoms with Crippen LogP contribution in [-0.2, 0) is 24.0 Å². The highest BCUT2D eigenvalue weighted by atomic mass is 16.4. The van der Waals surface area contributed by atoms with Crippen LogP contribution in [0.2, 0.25) is 0 Å². The highest BCUT2D eigenvalue weighted by Gasteiger charge is 2.39. The lowest BCUT2D eigenvalue weighted by molar-refractivity contribution is -0.150. The number of rotatable bonds is 12. The van der Waals surface area contributed by atoms with Crippen LogP contribution in [0.3, 0.4) is 0 Å². The standard InChI is InChI=1S/C20H34N4O8/c1-10(2)9-12(21)17(28)23-16(11(3)25)18(29)22-13(6-7-15(26)27)19(30)24-8-4-5-14(24)20(31)32/h10-14,16,25H,4-9,21H2,1-3H3,(H,22,29)(H,23,28)(H,26,27)(H,31,32). The molecule has 12 nitrogen and oxygen atoms in total. The van der Waals surface area contributed by atoms with Gasteiger partial charge in [0, 0.05) is 13.0 Å². The molecule has 1 aliphatic heterocycles. The molecule has 1 fully saturated rings. The topological polar surface area (TPSA) is 199 Å². The van der Waals surface area contributed by atoms with Gasteiger partial charge in [-0.2, -0.15) is 0 Å². The Morgan fingerprint density at radius 3 is 2.19 bits per heavy atom. The molecule has 0 aromatic heterocycles. The van der Waals surface area contributed by atoms with Crippen LogP contribution in [0.1, 0.15) is 52.9 Å². The predicted molar refractivity (Wildman–Crippen MR) is 112 cm³/mol. The van der Waals surface area contributed by atoms with Gasteiger partial charge in [-0.15, -0.1) is 0 Å². The Bertz CT molecular complexity index is 712. The van der Waals surface area contributed by atoms with Gasteiger partial charge in [0.05, 0.1) is 12.1 Å². The van der Waals surface area contributed by atoms with E-state index < -0.39 is 66.4 Å². The van der Waals surface area contributed by atoms with Gasteiger partial charge in [0.1, 0.15) is 18.1 Å². The first kappa shape index (κ1) is 27.3. The molecule has 1 aliphatic rings. The van der Waals surface area contributed by atoms with Gasteiger partial charge in [-0.25, -0.2) is 4.79 Å². The number of carboxylic acid groups (broad SMARTS) is 2. The number of aliphatic carboxylic acids is 2. The van der Waals surface area contributed by atoms with Crippen molar-refractivity contribution in [3.63, 3.8) is 0 Å². The maximum Gasteiger partial charge on any atom is 0.326 e. The van der Waals surface area contributed by atoms with E-state index in [1.54, 1.807) is 0 Å². The summed E-state index contributed by atoms with van der Waals surface area (Å²) in [5, 5.41) is 33.1. The molecular formula is C20H34N4O8. The van der Waals surface area contributed by atoms with Crippen LogP contribution in [0.4, 0.5) is 0 Å². The third-order valence-corrected chi connectivity index (χ3v) is 5.21. The summed E-state index contributed by atoms with van der Waals surface area (Å²) in [6.07, 6.45) is -1.00. The van der Waals surface area contributed by atoms with Crippen molar-refractivity contribution < 1.29 is 39.3 Å². The fourth-order valence-corrected chi connectivity index (χ4v) is 3.55. The van der Waals surface area contributed by atoms with Crippen LogP contribution >= 0.6 is 0 Å². The number of nitrogens with one attached hydrogen (secondary N) is 2. The van der Waals surface area contributed by atoms with E-state index in [0.29, 0.717) is 12.8 Å². The summed E-state index contributed by atoms with van der Waals surface area (Å²) in [7, 11) is 0. The van der Waals surface area contributed by atoms with E-state index in [9.17, 15) is 34.2 Å². The molecule has 5 unspecified atom stereocenters. The predicted octanol–water partition coefficient (Wildman–Crippen LogP) is -1.35. The number of carbonyl (C=O) groups is 5. The van der Waals surface area contributed by atoms with E-state index in [4.69, 9.17) is 10.8 Å². The zero-order valence-electron chi connectivity index (χ0n) is 18.6. The maximum atomic E-state index is 12.9. The highest BCUT2D eigenvalue weighted by Crippen LogP contribution is 2.19. The first-order chi connectivity index (χ1) is 14.8. The molecule has 0 aromatic rings. The van der Waals surface area contributed by atoms with Gasteiger partial charge in [0.2, 0.25) is 17.7 Å². The normalized spacial score (nSPS) is 19.7. The van der Waals surface area contributed by atoms with Gasteiger partial charge in [-0.3, -0.25) is 19.2 Å². The number of nitrogens with two attached hydrogens (primary N) is 1. The molecule has 0 saturated carbocycles. The third-order valence-electron chi connectivity index (χ3n) is 5.21. The number of hydrogen-bond acceptors (Lipinski definition) is 7. The molecule has 32 heavy (non-hydrogen) atoms. The molecule has 1 saturated heterocycles. The SMILES string of the molecule is CC(C)CC(N)C(=O)NC(C(=O)NC(CCC(=O)O)C(=O)N1CCCC1C(=O)O)C(C)O. The van der Waals surface area contributed by atoms with Crippen molar-refractivity contribution in [3.8, 4) is 0 Å². The summed E-state index contributed by atoms with van der Waals surface area (Å²) in [5.41, 5.74) is 5.82. The van der Waals surface area contributed by atoms with Gasteiger partial charge >= 0.3 is 11.9 Å². The summed E-state index contributed by atoms with van der Waals surface area (Å²) < 4.78 is 0. The fourth-order valence-electron chi connectivity index (χ4n) is 3.55. The molecule has 12 heteroatoms. The van der Waals surface area contributed by atoms with Gasteiger partial charge in [-0.05, 0) is 38.5 Å². The second kappa shape index (κ2) is 12.3. The number of nitrogens with zero attached hydrogens (tertiary/aromatic N) is 1. The maximum absolute atomic E-state index is 12.9. The summed E-state index contributed by atoms with van der Waals surface area (Å²) in [6, 6.07) is -4.74. The lowest BCUT2D eigenvalue weighted by atomic mass is 10.0. The summed E-state index contributed by atoms with van der Waals surface area (Å²) in [6.45, 7) is 5.17. The molecule has 0 aromatic carbocycles. The van der Waals surface area contributed by atoms with Crippen molar-refractivity contribution in [2.24, 2.45) is 11.7 Å². The molecule has 7 N–H and O–H groups in total. The average molecular weight is 459 g/mol. The lowest BCUT2D eigenvalue weighted by Gasteiger charge is -2.29. The summed E-state index contributed by atoms with van der Waals surface area (Å²) in [5.74, 6) is -4.55. The Hall–Kier alpha value is -2.73. The van der Waals surface area contributed by atoms with Gasteiger partial charge in [0.15, 0.2) is 0 Å². The van der Waals surface area contributed by atoms with Crippen molar-refractivity contribution in [2.45, 2.75) is 83.1 Å². The van der Waals surface area contributed by atoms with Crippen molar-refractivity contribution in [2.75, 3.05) is 6.54 Å². The van der Waals surface area contributed by atoms with E-state index in [1.807, 2.05) is 13.8 Å². The highest BCUT2D eigenvalue weighted by molar-refractivity contribution is 5.94. The molecule has 3 amide bonds. The quantitative estimate of drug-likeness (QED) is 0.204. The molecule has 0 spiro atoms. The van der Waals surface area contributed by atoms with Crippen LogP contribution in [0.15, 0.2) is 0 Å². The van der Waals surface area contributed by atoms with Crippen LogP contribution in [0.5, 0.6) is 0 Å². The molecule has 0 aliphatic carbocycles. The number of carbonyl (C=O) groups excluding carboxylic acids is 3. The molecule has 1 heterocycles. The Morgan fingerprint density at radius 1 is 1.06 bits per heavy atom. The van der Waals surface area contributed by atoms with E-state index in [0.717, 1.165) is 4.90 Å². The van der Waals surface area contributed by atoms with Crippen molar-refractivity contribution >= 4 is 29.7 Å². The molecule has 1 rings (SSSR count). The minimum absolute atomic E-state index is 0.121. The smallest absolute Gasteiger partial charge is 0.326 e. The largest absolute Gasteiger partial charge is 0.481 e. The minimum Gasteiger partial charge on any atom is -0.481 e. The first-order valence-corrected chi connectivity index (χ1v) is 10.6. The Labute approximate surface area is 186 Å². The number of carboxylic acids is 2. The van der Waals surface area contributed by atoms with E-state index >= 15 is 0 Å². The Kier molecular flexibility index (Phi) is 10.5.